The Morgan fingerprint density at radius 2 is 1.89 bits per heavy atom. The third kappa shape index (κ3) is 3.22. The molecule has 1 aliphatic rings. The van der Waals surface area contributed by atoms with Crippen molar-refractivity contribution < 1.29 is 0 Å². The molecule has 0 unspecified atom stereocenters. The molecule has 1 N–H and O–H groups in total. The molecule has 0 radical (unpaired) electrons. The van der Waals surface area contributed by atoms with Gasteiger partial charge in [-0.2, -0.15) is 0 Å². The molecule has 98 valence electrons. The summed E-state index contributed by atoms with van der Waals surface area (Å²) >= 11 is 5.51. The summed E-state index contributed by atoms with van der Waals surface area (Å²) in [6, 6.07) is 10.8. The van der Waals surface area contributed by atoms with Crippen LogP contribution in [0.25, 0.3) is 0 Å². The zero-order chi connectivity index (χ0) is 13.0. The fourth-order valence-electron chi connectivity index (χ4n) is 2.55. The molecule has 1 aromatic carbocycles. The molecular formula is C15H22N2S. The molecule has 0 amide bonds. The van der Waals surface area contributed by atoms with Gasteiger partial charge in [0.05, 0.1) is 0 Å². The lowest BCUT2D eigenvalue weighted by Crippen LogP contribution is -2.46. The maximum atomic E-state index is 5.51. The van der Waals surface area contributed by atoms with E-state index in [9.17, 15) is 0 Å². The molecule has 0 heterocycles. The van der Waals surface area contributed by atoms with Gasteiger partial charge in [0.1, 0.15) is 0 Å². The normalized spacial score (nSPS) is 23.4. The smallest absolute Gasteiger partial charge is 0.173 e. The van der Waals surface area contributed by atoms with Gasteiger partial charge in [-0.3, -0.25) is 0 Å². The molecule has 18 heavy (non-hydrogen) atoms. The number of para-hydroxylation sites is 1. The molecule has 2 nitrogen and oxygen atoms in total. The molecule has 2 rings (SSSR count). The molecule has 1 fully saturated rings. The van der Waals surface area contributed by atoms with Gasteiger partial charge >= 0.3 is 0 Å². The van der Waals surface area contributed by atoms with Gasteiger partial charge in [-0.1, -0.05) is 38.0 Å². The van der Waals surface area contributed by atoms with Crippen LogP contribution in [-0.4, -0.2) is 18.2 Å². The Kier molecular flexibility index (Phi) is 4.59. The summed E-state index contributed by atoms with van der Waals surface area (Å²) in [5, 5.41) is 4.36. The first-order valence-corrected chi connectivity index (χ1v) is 7.18. The van der Waals surface area contributed by atoms with Gasteiger partial charge in [-0.15, -0.1) is 0 Å². The Hall–Kier alpha value is -1.09. The minimum absolute atomic E-state index is 0.539. The highest BCUT2D eigenvalue weighted by Gasteiger charge is 2.22. The molecule has 3 heteroatoms. The monoisotopic (exact) mass is 262 g/mol. The average Bonchev–Trinajstić information content (AvgIpc) is 2.41. The molecule has 0 bridgehead atoms. The second-order valence-corrected chi connectivity index (χ2v) is 5.60. The number of hydrogen-bond acceptors (Lipinski definition) is 1. The largest absolute Gasteiger partial charge is 0.359 e. The van der Waals surface area contributed by atoms with Gasteiger partial charge in [0, 0.05) is 18.8 Å². The van der Waals surface area contributed by atoms with E-state index in [2.05, 4.69) is 29.3 Å². The molecule has 0 saturated heterocycles. The summed E-state index contributed by atoms with van der Waals surface area (Å²) in [5.41, 5.74) is 1.14. The van der Waals surface area contributed by atoms with E-state index in [0.29, 0.717) is 6.04 Å². The van der Waals surface area contributed by atoms with Crippen molar-refractivity contribution in [2.24, 2.45) is 5.92 Å². The first kappa shape index (κ1) is 13.3. The molecule has 1 saturated carbocycles. The summed E-state index contributed by atoms with van der Waals surface area (Å²) in [6.45, 7) is 2.32. The molecular weight excluding hydrogens is 240 g/mol. The molecule has 1 aromatic rings. The van der Waals surface area contributed by atoms with Crippen LogP contribution in [-0.2, 0) is 0 Å². The van der Waals surface area contributed by atoms with Crippen LogP contribution in [0.3, 0.4) is 0 Å². The topological polar surface area (TPSA) is 15.3 Å². The second-order valence-electron chi connectivity index (χ2n) is 5.21. The fourth-order valence-corrected chi connectivity index (χ4v) is 2.81. The lowest BCUT2D eigenvalue weighted by molar-refractivity contribution is 0.309. The van der Waals surface area contributed by atoms with Crippen molar-refractivity contribution in [2.45, 2.75) is 38.6 Å². The number of nitrogens with zero attached hydrogens (tertiary/aromatic N) is 1. The standard InChI is InChI=1S/C15H22N2S/c1-12-8-6-7-11-14(12)16-15(18)17(2)13-9-4-3-5-10-13/h3-5,9-10,12,14H,6-8,11H2,1-2H3,(H,16,18)/t12-,14+/m1/s1. The Labute approximate surface area is 115 Å². The molecule has 0 spiro atoms. The van der Waals surface area contributed by atoms with Crippen LogP contribution >= 0.6 is 12.2 Å². The highest BCUT2D eigenvalue weighted by molar-refractivity contribution is 7.80. The van der Waals surface area contributed by atoms with Crippen molar-refractivity contribution in [1.82, 2.24) is 5.32 Å². The number of anilines is 1. The summed E-state index contributed by atoms with van der Waals surface area (Å²) in [6.07, 6.45) is 5.24. The SMILES string of the molecule is C[C@@H]1CCCC[C@@H]1NC(=S)N(C)c1ccccc1. The summed E-state index contributed by atoms with van der Waals surface area (Å²) < 4.78 is 0. The van der Waals surface area contributed by atoms with Gasteiger partial charge in [-0.05, 0) is 43.1 Å². The fraction of sp³-hybridized carbons (Fsp3) is 0.533. The van der Waals surface area contributed by atoms with E-state index in [1.165, 1.54) is 25.7 Å². The van der Waals surface area contributed by atoms with Gasteiger partial charge in [0.25, 0.3) is 0 Å². The Bertz CT molecular complexity index is 391. The highest BCUT2D eigenvalue weighted by Crippen LogP contribution is 2.24. The van der Waals surface area contributed by atoms with Crippen molar-refractivity contribution in [3.8, 4) is 0 Å². The maximum Gasteiger partial charge on any atom is 0.173 e. The van der Waals surface area contributed by atoms with Crippen LogP contribution in [0, 0.1) is 5.92 Å². The summed E-state index contributed by atoms with van der Waals surface area (Å²) in [4.78, 5) is 2.05. The van der Waals surface area contributed by atoms with Crippen LogP contribution < -0.4 is 10.2 Å². The lowest BCUT2D eigenvalue weighted by Gasteiger charge is -2.32. The van der Waals surface area contributed by atoms with E-state index < -0.39 is 0 Å². The minimum Gasteiger partial charge on any atom is -0.359 e. The quantitative estimate of drug-likeness (QED) is 0.820. The number of thiocarbonyl (C=S) groups is 1. The molecule has 1 aliphatic carbocycles. The highest BCUT2D eigenvalue weighted by atomic mass is 32.1. The van der Waals surface area contributed by atoms with Gasteiger partial charge < -0.3 is 10.2 Å². The van der Waals surface area contributed by atoms with Crippen molar-refractivity contribution in [2.75, 3.05) is 11.9 Å². The Balaban J connectivity index is 1.95. The lowest BCUT2D eigenvalue weighted by atomic mass is 9.86. The third-order valence-electron chi connectivity index (χ3n) is 3.87. The number of benzene rings is 1. The zero-order valence-electron chi connectivity index (χ0n) is 11.2. The van der Waals surface area contributed by atoms with Crippen molar-refractivity contribution >= 4 is 23.0 Å². The maximum absolute atomic E-state index is 5.51. The van der Waals surface area contributed by atoms with E-state index in [-0.39, 0.29) is 0 Å². The van der Waals surface area contributed by atoms with Gasteiger partial charge in [0.15, 0.2) is 5.11 Å². The first-order chi connectivity index (χ1) is 8.68. The Morgan fingerprint density at radius 3 is 2.56 bits per heavy atom. The average molecular weight is 262 g/mol. The van der Waals surface area contributed by atoms with Gasteiger partial charge in [0.2, 0.25) is 0 Å². The van der Waals surface area contributed by atoms with E-state index in [1.807, 2.05) is 25.2 Å². The summed E-state index contributed by atoms with van der Waals surface area (Å²) in [7, 11) is 2.03. The number of hydrogen-bond donors (Lipinski definition) is 1. The second kappa shape index (κ2) is 6.19. The molecule has 2 atom stereocenters. The van der Waals surface area contributed by atoms with E-state index in [4.69, 9.17) is 12.2 Å². The van der Waals surface area contributed by atoms with Crippen LogP contribution in [0.2, 0.25) is 0 Å². The third-order valence-corrected chi connectivity index (χ3v) is 4.26. The van der Waals surface area contributed by atoms with Crippen LogP contribution in [0.4, 0.5) is 5.69 Å². The predicted molar refractivity (Wildman–Crippen MR) is 82.0 cm³/mol. The van der Waals surface area contributed by atoms with E-state index >= 15 is 0 Å². The molecule has 0 aromatic heterocycles. The number of nitrogens with one attached hydrogen (secondary N) is 1. The zero-order valence-corrected chi connectivity index (χ0v) is 12.0. The van der Waals surface area contributed by atoms with Crippen molar-refractivity contribution in [3.05, 3.63) is 30.3 Å². The first-order valence-electron chi connectivity index (χ1n) is 6.78. The van der Waals surface area contributed by atoms with E-state index in [1.54, 1.807) is 0 Å². The van der Waals surface area contributed by atoms with Crippen molar-refractivity contribution in [1.29, 1.82) is 0 Å². The van der Waals surface area contributed by atoms with Crippen LogP contribution in [0.15, 0.2) is 30.3 Å². The van der Waals surface area contributed by atoms with E-state index in [0.717, 1.165) is 16.7 Å². The predicted octanol–water partition coefficient (Wildman–Crippen LogP) is 3.58. The Morgan fingerprint density at radius 1 is 1.22 bits per heavy atom. The minimum atomic E-state index is 0.539. The number of rotatable bonds is 2. The van der Waals surface area contributed by atoms with Gasteiger partial charge in [-0.25, -0.2) is 0 Å². The van der Waals surface area contributed by atoms with Crippen LogP contribution in [0.5, 0.6) is 0 Å². The molecule has 0 aliphatic heterocycles. The van der Waals surface area contributed by atoms with Crippen molar-refractivity contribution in [3.63, 3.8) is 0 Å². The summed E-state index contributed by atoms with van der Waals surface area (Å²) in [5.74, 6) is 0.723. The van der Waals surface area contributed by atoms with Crippen LogP contribution in [0.1, 0.15) is 32.6 Å².